The van der Waals surface area contributed by atoms with Crippen molar-refractivity contribution in [3.05, 3.63) is 104 Å². The zero-order valence-corrected chi connectivity index (χ0v) is 25.9. The molecule has 184 valence electrons. The van der Waals surface area contributed by atoms with Crippen LogP contribution in [0.1, 0.15) is 45.7 Å². The fourth-order valence-electron chi connectivity index (χ4n) is 7.02. The zero-order valence-electron chi connectivity index (χ0n) is 21.8. The fourth-order valence-corrected chi connectivity index (χ4v) is 21.9. The number of halogens is 2. The van der Waals surface area contributed by atoms with Gasteiger partial charge in [-0.1, -0.05) is 0 Å². The second-order valence-electron chi connectivity index (χ2n) is 11.7. The Labute approximate surface area is 225 Å². The van der Waals surface area contributed by atoms with Crippen molar-refractivity contribution >= 4 is 35.6 Å². The van der Waals surface area contributed by atoms with Gasteiger partial charge in [0.05, 0.1) is 0 Å². The standard InChI is InChI=1S/C13H9.C11H17.C6H5.CH3.CH2.2ClH.Zr/c1-3-7-12-10(5-1)9-11-6-2-4-8-13(11)12;1-8-6-9(2)10(7-8)11(3,4)5;1-2-4-6-5-3-1;;;;;/h1-5,7-8H,9H2;7-8H,1-5H3;1-5H;1H3;1H2;2*1H;. The molecule has 1 atom stereocenters. The van der Waals surface area contributed by atoms with Crippen molar-refractivity contribution in [3.8, 4) is 11.1 Å². The van der Waals surface area contributed by atoms with E-state index < -0.39 is 18.3 Å². The molecule has 1 unspecified atom stereocenters. The van der Waals surface area contributed by atoms with Gasteiger partial charge in [0.25, 0.3) is 0 Å². The van der Waals surface area contributed by atoms with Crippen LogP contribution in [0.2, 0.25) is 4.63 Å². The minimum absolute atomic E-state index is 0. The van der Waals surface area contributed by atoms with Crippen molar-refractivity contribution in [1.29, 1.82) is 0 Å². The second-order valence-corrected chi connectivity index (χ2v) is 25.6. The quantitative estimate of drug-likeness (QED) is 0.228. The molecular formula is C32H38Cl2Zr. The predicted molar refractivity (Wildman–Crippen MR) is 157 cm³/mol. The van der Waals surface area contributed by atoms with E-state index in [0.717, 1.165) is 6.42 Å². The summed E-state index contributed by atoms with van der Waals surface area (Å²) in [6, 6.07) is 27.3. The van der Waals surface area contributed by atoms with Crippen molar-refractivity contribution in [1.82, 2.24) is 0 Å². The average Bonchev–Trinajstić information content (AvgIpc) is 3.31. The van der Waals surface area contributed by atoms with Crippen molar-refractivity contribution in [2.45, 2.75) is 45.7 Å². The molecule has 0 aliphatic heterocycles. The van der Waals surface area contributed by atoms with Crippen LogP contribution in [0, 0.1) is 11.3 Å². The molecule has 0 spiro atoms. The van der Waals surface area contributed by atoms with Gasteiger partial charge in [0, 0.05) is 0 Å². The summed E-state index contributed by atoms with van der Waals surface area (Å²) in [5, 5.41) is 0. The number of fused-ring (bicyclic) bond motifs is 3. The summed E-state index contributed by atoms with van der Waals surface area (Å²) in [5.74, 6) is 0.409. The molecule has 0 bridgehead atoms. The zero-order chi connectivity index (χ0) is 23.6. The molecule has 0 radical (unpaired) electrons. The summed E-state index contributed by atoms with van der Waals surface area (Å²) in [4.78, 5) is 0. The SMILES string of the molecule is Cl.Cl.[CH2]=[Zr]([CH3])([C]1=C(C)C(C(C)(C)C)=CC1C)([c]1ccccc1)[c]1cccc2c1Cc1ccccc1-2. The molecule has 35 heavy (non-hydrogen) atoms. The third kappa shape index (κ3) is 4.13. The van der Waals surface area contributed by atoms with E-state index in [-0.39, 0.29) is 30.2 Å². The van der Waals surface area contributed by atoms with Crippen LogP contribution < -0.4 is 6.54 Å². The summed E-state index contributed by atoms with van der Waals surface area (Å²) in [5.41, 5.74) is 8.91. The van der Waals surface area contributed by atoms with Crippen molar-refractivity contribution in [2.24, 2.45) is 11.3 Å². The molecule has 0 fully saturated rings. The number of hydrogen-bond donors (Lipinski definition) is 0. The first-order valence-corrected chi connectivity index (χ1v) is 20.2. The summed E-state index contributed by atoms with van der Waals surface area (Å²) in [6.45, 7) is 11.8. The van der Waals surface area contributed by atoms with Gasteiger partial charge < -0.3 is 0 Å². The van der Waals surface area contributed by atoms with Crippen molar-refractivity contribution in [3.63, 3.8) is 0 Å². The van der Waals surface area contributed by atoms with Gasteiger partial charge in [-0.2, -0.15) is 0 Å². The third-order valence-electron chi connectivity index (χ3n) is 8.35. The number of rotatable bonds is 3. The number of allylic oxidation sites excluding steroid dienone is 4. The maximum absolute atomic E-state index is 5.40. The van der Waals surface area contributed by atoms with Gasteiger partial charge in [-0.25, -0.2) is 0 Å². The molecule has 0 amide bonds. The van der Waals surface area contributed by atoms with E-state index in [1.165, 1.54) is 36.7 Å². The first-order valence-electron chi connectivity index (χ1n) is 12.3. The van der Waals surface area contributed by atoms with Crippen LogP contribution in [0.25, 0.3) is 11.1 Å². The van der Waals surface area contributed by atoms with E-state index in [0.29, 0.717) is 5.92 Å². The van der Waals surface area contributed by atoms with Gasteiger partial charge in [-0.15, -0.1) is 24.8 Å². The van der Waals surface area contributed by atoms with Gasteiger partial charge in [0.2, 0.25) is 0 Å². The molecule has 0 nitrogen and oxygen atoms in total. The molecule has 3 aromatic rings. The van der Waals surface area contributed by atoms with E-state index in [2.05, 4.69) is 118 Å². The molecule has 0 saturated heterocycles. The molecule has 2 aliphatic rings. The molecule has 3 aromatic carbocycles. The van der Waals surface area contributed by atoms with Crippen LogP contribution in [-0.4, -0.2) is 4.21 Å². The second kappa shape index (κ2) is 9.41. The normalized spacial score (nSPS) is 17.2. The summed E-state index contributed by atoms with van der Waals surface area (Å²) >= 11 is -4.17. The van der Waals surface area contributed by atoms with Crippen LogP contribution in [0.15, 0.2) is 93.3 Å². The van der Waals surface area contributed by atoms with E-state index >= 15 is 0 Å². The molecule has 0 saturated carbocycles. The van der Waals surface area contributed by atoms with Crippen LogP contribution in [-0.2, 0) is 24.7 Å². The Balaban J connectivity index is 0.00000171. The first kappa shape index (κ1) is 28.1. The van der Waals surface area contributed by atoms with Gasteiger partial charge in [0.1, 0.15) is 0 Å². The third-order valence-corrected chi connectivity index (χ3v) is 23.4. The van der Waals surface area contributed by atoms with E-state index in [4.69, 9.17) is 4.21 Å². The monoisotopic (exact) mass is 582 g/mol. The number of hydrogen-bond acceptors (Lipinski definition) is 0. The fraction of sp³-hybridized carbons (Fsp3) is 0.281. The van der Waals surface area contributed by atoms with Gasteiger partial charge >= 0.3 is 202 Å². The topological polar surface area (TPSA) is 0 Å². The molecule has 2 aliphatic carbocycles. The first-order chi connectivity index (χ1) is 15.5. The Morgan fingerprint density at radius 3 is 2.06 bits per heavy atom. The van der Waals surface area contributed by atoms with E-state index in [9.17, 15) is 0 Å². The molecule has 0 aromatic heterocycles. The van der Waals surface area contributed by atoms with Gasteiger partial charge in [-0.05, 0) is 0 Å². The summed E-state index contributed by atoms with van der Waals surface area (Å²) < 4.78 is 12.6. The Hall–Kier alpha value is -1.53. The van der Waals surface area contributed by atoms with Crippen LogP contribution in [0.3, 0.4) is 0 Å². The van der Waals surface area contributed by atoms with Crippen molar-refractivity contribution < 1.29 is 18.3 Å². The molecular weight excluding hydrogens is 546 g/mol. The van der Waals surface area contributed by atoms with E-state index in [1.807, 2.05) is 0 Å². The predicted octanol–water partition coefficient (Wildman–Crippen LogP) is 8.12. The Morgan fingerprint density at radius 1 is 0.829 bits per heavy atom. The Kier molecular flexibility index (Phi) is 7.54. The van der Waals surface area contributed by atoms with Crippen LogP contribution in [0.4, 0.5) is 0 Å². The summed E-state index contributed by atoms with van der Waals surface area (Å²) in [6.07, 6.45) is 3.55. The average molecular weight is 585 g/mol. The van der Waals surface area contributed by atoms with E-state index in [1.54, 1.807) is 6.55 Å². The Morgan fingerprint density at radius 2 is 1.43 bits per heavy atom. The molecule has 5 rings (SSSR count). The number of benzene rings is 3. The van der Waals surface area contributed by atoms with Gasteiger partial charge in [-0.3, -0.25) is 0 Å². The van der Waals surface area contributed by atoms with Gasteiger partial charge in [0.15, 0.2) is 0 Å². The molecule has 0 heterocycles. The Bertz CT molecular complexity index is 1400. The van der Waals surface area contributed by atoms with Crippen LogP contribution in [0.5, 0.6) is 0 Å². The molecule has 0 N–H and O–H groups in total. The molecule has 3 heteroatoms. The minimum atomic E-state index is -4.17. The maximum atomic E-state index is 5.40. The van der Waals surface area contributed by atoms with Crippen LogP contribution >= 0.6 is 24.8 Å². The van der Waals surface area contributed by atoms with Crippen molar-refractivity contribution in [2.75, 3.05) is 0 Å². The summed E-state index contributed by atoms with van der Waals surface area (Å²) in [7, 11) is 0.